The summed E-state index contributed by atoms with van der Waals surface area (Å²) in [6, 6.07) is 3.92. The maximum absolute atomic E-state index is 12.8. The number of nitrogens with one attached hydrogen (secondary N) is 1. The van der Waals surface area contributed by atoms with Crippen molar-refractivity contribution < 1.29 is 9.59 Å². The molecule has 1 aromatic heterocycles. The number of amides is 2. The van der Waals surface area contributed by atoms with Gasteiger partial charge in [0.05, 0.1) is 5.75 Å². The van der Waals surface area contributed by atoms with Crippen LogP contribution >= 0.6 is 11.8 Å². The molecule has 2 fully saturated rings. The topological polar surface area (TPSA) is 78.4 Å². The van der Waals surface area contributed by atoms with Gasteiger partial charge in [0.1, 0.15) is 5.03 Å². The van der Waals surface area contributed by atoms with Crippen molar-refractivity contribution in [2.75, 3.05) is 43.4 Å². The number of thioether (sulfide) groups is 1. The fourth-order valence-corrected chi connectivity index (χ4v) is 5.62. The van der Waals surface area contributed by atoms with E-state index in [0.717, 1.165) is 69.1 Å². The van der Waals surface area contributed by atoms with E-state index in [1.165, 1.54) is 49.4 Å². The molecule has 0 atom stereocenters. The van der Waals surface area contributed by atoms with E-state index in [-0.39, 0.29) is 11.8 Å². The van der Waals surface area contributed by atoms with Crippen molar-refractivity contribution in [3.63, 3.8) is 0 Å². The van der Waals surface area contributed by atoms with E-state index in [2.05, 4.69) is 31.4 Å². The Morgan fingerprint density at radius 2 is 1.82 bits per heavy atom. The third-order valence-electron chi connectivity index (χ3n) is 6.97. The van der Waals surface area contributed by atoms with E-state index >= 15 is 0 Å². The number of aromatic nitrogens is 2. The average Bonchev–Trinajstić information content (AvgIpc) is 2.89. The maximum atomic E-state index is 12.8. The zero-order valence-electron chi connectivity index (χ0n) is 19.6. The Hall–Kier alpha value is -2.09. The fraction of sp³-hybridized carbons (Fsp3) is 0.680. The highest BCUT2D eigenvalue weighted by molar-refractivity contribution is 7.99. The Balaban J connectivity index is 1.15. The number of hydrogen-bond donors (Lipinski definition) is 1. The first kappa shape index (κ1) is 24.0. The van der Waals surface area contributed by atoms with Gasteiger partial charge in [-0.15, -0.1) is 10.2 Å². The van der Waals surface area contributed by atoms with Crippen LogP contribution in [0.1, 0.15) is 64.2 Å². The van der Waals surface area contributed by atoms with Gasteiger partial charge in [-0.2, -0.15) is 0 Å². The summed E-state index contributed by atoms with van der Waals surface area (Å²) in [6.07, 6.45) is 13.5. The highest BCUT2D eigenvalue weighted by atomic mass is 32.2. The lowest BCUT2D eigenvalue weighted by Crippen LogP contribution is -2.44. The van der Waals surface area contributed by atoms with E-state index in [1.807, 2.05) is 12.1 Å². The molecule has 2 amide bonds. The van der Waals surface area contributed by atoms with E-state index in [1.54, 1.807) is 0 Å². The Labute approximate surface area is 201 Å². The van der Waals surface area contributed by atoms with Crippen LogP contribution in [-0.2, 0) is 9.59 Å². The van der Waals surface area contributed by atoms with Gasteiger partial charge in [-0.1, -0.05) is 23.4 Å². The second kappa shape index (κ2) is 12.4. The summed E-state index contributed by atoms with van der Waals surface area (Å²) in [5, 5.41) is 12.5. The molecule has 1 N–H and O–H groups in total. The summed E-state index contributed by atoms with van der Waals surface area (Å²) in [5.74, 6) is 1.75. The van der Waals surface area contributed by atoms with Crippen LogP contribution in [0.5, 0.6) is 0 Å². The molecule has 2 saturated heterocycles. The molecule has 1 aliphatic carbocycles. The van der Waals surface area contributed by atoms with E-state index in [4.69, 9.17) is 0 Å². The molecule has 8 heteroatoms. The Morgan fingerprint density at radius 1 is 1.00 bits per heavy atom. The Bertz CT molecular complexity index is 815. The predicted octanol–water partition coefficient (Wildman–Crippen LogP) is 3.80. The molecule has 3 aliphatic rings. The largest absolute Gasteiger partial charge is 0.355 e. The van der Waals surface area contributed by atoms with Gasteiger partial charge in [-0.25, -0.2) is 0 Å². The number of carbonyl (C=O) groups is 2. The highest BCUT2D eigenvalue weighted by Gasteiger charge is 2.29. The average molecular weight is 472 g/mol. The van der Waals surface area contributed by atoms with Crippen LogP contribution in [-0.4, -0.2) is 65.4 Å². The quantitative estimate of drug-likeness (QED) is 0.459. The summed E-state index contributed by atoms with van der Waals surface area (Å²) in [7, 11) is 0. The smallest absolute Gasteiger partial charge is 0.230 e. The molecule has 2 aliphatic heterocycles. The number of nitrogens with zero attached hydrogens (tertiary/aromatic N) is 4. The molecular formula is C25H37N5O2S. The SMILES string of the molecule is O=C(CSc1ccc(N2CCC(C(=O)N3CCCCC3)CC2)nn1)NCCC1=CCCCC1. The van der Waals surface area contributed by atoms with Crippen molar-refractivity contribution in [1.82, 2.24) is 20.4 Å². The highest BCUT2D eigenvalue weighted by Crippen LogP contribution is 2.25. The van der Waals surface area contributed by atoms with E-state index in [0.29, 0.717) is 18.2 Å². The molecular weight excluding hydrogens is 434 g/mol. The van der Waals surface area contributed by atoms with Gasteiger partial charge < -0.3 is 15.1 Å². The van der Waals surface area contributed by atoms with Crippen molar-refractivity contribution in [3.8, 4) is 0 Å². The van der Waals surface area contributed by atoms with E-state index in [9.17, 15) is 9.59 Å². The standard InChI is InChI=1S/C25H37N5O2S/c31-23(26-14-11-20-7-3-1-4-8-20)19-33-24-10-9-22(27-28-24)29-17-12-21(13-18-29)25(32)30-15-5-2-6-16-30/h7,9-10,21H,1-6,8,11-19H2,(H,26,31). The van der Waals surface area contributed by atoms with Crippen LogP contribution in [0.3, 0.4) is 0 Å². The molecule has 180 valence electrons. The van der Waals surface area contributed by atoms with Gasteiger partial charge in [-0.3, -0.25) is 9.59 Å². The number of hydrogen-bond acceptors (Lipinski definition) is 6. The monoisotopic (exact) mass is 471 g/mol. The summed E-state index contributed by atoms with van der Waals surface area (Å²) >= 11 is 1.42. The normalized spacial score (nSPS) is 19.8. The van der Waals surface area contributed by atoms with Crippen LogP contribution < -0.4 is 10.2 Å². The number of rotatable bonds is 8. The van der Waals surface area contributed by atoms with Gasteiger partial charge in [0.15, 0.2) is 5.82 Å². The number of carbonyl (C=O) groups excluding carboxylic acids is 2. The molecule has 0 spiro atoms. The minimum atomic E-state index is 0.0442. The van der Waals surface area contributed by atoms with Crippen molar-refractivity contribution >= 4 is 29.4 Å². The predicted molar refractivity (Wildman–Crippen MR) is 132 cm³/mol. The fourth-order valence-electron chi connectivity index (χ4n) is 4.97. The molecule has 0 bridgehead atoms. The van der Waals surface area contributed by atoms with Gasteiger partial charge >= 0.3 is 0 Å². The van der Waals surface area contributed by atoms with Crippen LogP contribution in [0.25, 0.3) is 0 Å². The molecule has 1 aromatic rings. The number of allylic oxidation sites excluding steroid dienone is 1. The van der Waals surface area contributed by atoms with Crippen molar-refractivity contribution in [2.45, 2.75) is 69.2 Å². The van der Waals surface area contributed by atoms with Gasteiger partial charge in [-0.05, 0) is 76.3 Å². The summed E-state index contributed by atoms with van der Waals surface area (Å²) < 4.78 is 0. The lowest BCUT2D eigenvalue weighted by molar-refractivity contribution is -0.137. The molecule has 3 heterocycles. The summed E-state index contributed by atoms with van der Waals surface area (Å²) in [6.45, 7) is 4.25. The number of anilines is 1. The van der Waals surface area contributed by atoms with Crippen LogP contribution in [0.2, 0.25) is 0 Å². The first-order valence-corrected chi connectivity index (χ1v) is 13.6. The molecule has 0 unspecified atom stereocenters. The van der Waals surface area contributed by atoms with Crippen LogP contribution in [0, 0.1) is 5.92 Å². The molecule has 33 heavy (non-hydrogen) atoms. The molecule has 0 radical (unpaired) electrons. The van der Waals surface area contributed by atoms with Gasteiger partial charge in [0.25, 0.3) is 0 Å². The molecule has 0 saturated carbocycles. The van der Waals surface area contributed by atoms with Crippen LogP contribution in [0.15, 0.2) is 28.8 Å². The second-order valence-corrected chi connectivity index (χ2v) is 10.4. The Kier molecular flexibility index (Phi) is 9.03. The maximum Gasteiger partial charge on any atom is 0.230 e. The third kappa shape index (κ3) is 7.19. The minimum Gasteiger partial charge on any atom is -0.355 e. The first-order chi connectivity index (χ1) is 16.2. The van der Waals surface area contributed by atoms with Crippen molar-refractivity contribution in [1.29, 1.82) is 0 Å². The van der Waals surface area contributed by atoms with Gasteiger partial charge in [0.2, 0.25) is 11.8 Å². The lowest BCUT2D eigenvalue weighted by atomic mass is 9.94. The zero-order valence-corrected chi connectivity index (χ0v) is 20.5. The minimum absolute atomic E-state index is 0.0442. The molecule has 7 nitrogen and oxygen atoms in total. The molecule has 4 rings (SSSR count). The third-order valence-corrected chi connectivity index (χ3v) is 7.89. The molecule has 0 aromatic carbocycles. The van der Waals surface area contributed by atoms with Crippen molar-refractivity contribution in [3.05, 3.63) is 23.8 Å². The van der Waals surface area contributed by atoms with Gasteiger partial charge in [0, 0.05) is 38.6 Å². The first-order valence-electron chi connectivity index (χ1n) is 12.6. The lowest BCUT2D eigenvalue weighted by Gasteiger charge is -2.35. The Morgan fingerprint density at radius 3 is 2.52 bits per heavy atom. The second-order valence-electron chi connectivity index (χ2n) is 9.37. The number of piperidine rings is 2. The van der Waals surface area contributed by atoms with Crippen LogP contribution in [0.4, 0.5) is 5.82 Å². The summed E-state index contributed by atoms with van der Waals surface area (Å²) in [4.78, 5) is 29.2. The zero-order chi connectivity index (χ0) is 22.9. The summed E-state index contributed by atoms with van der Waals surface area (Å²) in [5.41, 5.74) is 1.48. The van der Waals surface area contributed by atoms with E-state index < -0.39 is 0 Å². The van der Waals surface area contributed by atoms with Crippen molar-refractivity contribution in [2.24, 2.45) is 5.92 Å². The number of likely N-dealkylation sites (tertiary alicyclic amines) is 1.